The van der Waals surface area contributed by atoms with Crippen molar-refractivity contribution >= 4 is 23.7 Å². The molecule has 0 spiro atoms. The first-order chi connectivity index (χ1) is 17.1. The zero-order chi connectivity index (χ0) is 27.1. The molecular weight excluding hydrogens is 468 g/mol. The third kappa shape index (κ3) is 11.5. The van der Waals surface area contributed by atoms with Gasteiger partial charge < -0.3 is 43.4 Å². The first-order valence-corrected chi connectivity index (χ1v) is 12.2. The van der Waals surface area contributed by atoms with E-state index in [1.165, 1.54) is 19.1 Å². The van der Waals surface area contributed by atoms with Crippen LogP contribution in [0, 0.1) is 0 Å². The van der Waals surface area contributed by atoms with Gasteiger partial charge in [-0.1, -0.05) is 12.1 Å². The van der Waals surface area contributed by atoms with Crippen molar-refractivity contribution in [2.45, 2.75) is 76.0 Å². The fourth-order valence-electron chi connectivity index (χ4n) is 3.44. The van der Waals surface area contributed by atoms with Gasteiger partial charge >= 0.3 is 5.97 Å². The van der Waals surface area contributed by atoms with E-state index in [1.54, 1.807) is 12.1 Å². The molecule has 12 heteroatoms. The van der Waals surface area contributed by atoms with Crippen LogP contribution in [0.4, 0.5) is 0 Å². The number of unbranched alkanes of at least 4 members (excludes halogenated alkanes) is 2. The molecule has 4 unspecified atom stereocenters. The number of rotatable bonds is 17. The molecule has 0 fully saturated rings. The highest BCUT2D eigenvalue weighted by Crippen LogP contribution is 2.13. The molecule has 1 aromatic carbocycles. The number of hydrogen-bond donors (Lipinski definition) is 8. The topological polar surface area (TPSA) is 223 Å². The Kier molecular flexibility index (Phi) is 14.1. The Labute approximate surface area is 211 Å². The molecule has 0 radical (unpaired) electrons. The first-order valence-electron chi connectivity index (χ1n) is 12.2. The van der Waals surface area contributed by atoms with Gasteiger partial charge in [0.2, 0.25) is 17.7 Å². The first kappa shape index (κ1) is 30.8. The lowest BCUT2D eigenvalue weighted by atomic mass is 10.0. The Hall–Kier alpha value is -3.22. The van der Waals surface area contributed by atoms with Gasteiger partial charge in [0.25, 0.3) is 0 Å². The molecule has 36 heavy (non-hydrogen) atoms. The average Bonchev–Trinajstić information content (AvgIpc) is 2.83. The van der Waals surface area contributed by atoms with Crippen molar-refractivity contribution in [1.29, 1.82) is 0 Å². The Morgan fingerprint density at radius 3 is 1.75 bits per heavy atom. The van der Waals surface area contributed by atoms with Gasteiger partial charge in [0.1, 0.15) is 23.9 Å². The summed E-state index contributed by atoms with van der Waals surface area (Å²) in [5.74, 6) is -2.97. The van der Waals surface area contributed by atoms with Crippen molar-refractivity contribution < 1.29 is 29.4 Å². The van der Waals surface area contributed by atoms with Gasteiger partial charge in [-0.15, -0.1) is 0 Å². The maximum absolute atomic E-state index is 13.1. The number of carbonyl (C=O) groups excluding carboxylic acids is 3. The molecule has 12 nitrogen and oxygen atoms in total. The number of carboxylic acid groups (broad SMARTS) is 1. The van der Waals surface area contributed by atoms with Crippen LogP contribution >= 0.6 is 0 Å². The minimum Gasteiger partial charge on any atom is -0.508 e. The van der Waals surface area contributed by atoms with Crippen LogP contribution in [0.5, 0.6) is 5.75 Å². The molecule has 4 atom stereocenters. The highest BCUT2D eigenvalue weighted by Gasteiger charge is 2.30. The maximum atomic E-state index is 13.1. The molecule has 0 bridgehead atoms. The molecule has 0 aliphatic carbocycles. The predicted molar refractivity (Wildman–Crippen MR) is 135 cm³/mol. The van der Waals surface area contributed by atoms with E-state index in [9.17, 15) is 29.4 Å². The standard InChI is InChI=1S/C24H40N6O6/c1-15(27)21(32)28-18(6-2-4-12-25)22(33)30-20(14-16-8-10-17(31)11-9-16)23(34)29-19(24(35)36)7-3-5-13-26/h8-11,15,18-20,31H,2-7,12-14,25-27H2,1H3,(H,28,32)(H,29,34)(H,30,33)(H,35,36). The summed E-state index contributed by atoms with van der Waals surface area (Å²) in [6.45, 7) is 2.31. The van der Waals surface area contributed by atoms with Gasteiger partial charge in [0, 0.05) is 6.42 Å². The molecule has 202 valence electrons. The second kappa shape index (κ2) is 16.5. The van der Waals surface area contributed by atoms with Gasteiger partial charge in [-0.25, -0.2) is 4.79 Å². The largest absolute Gasteiger partial charge is 0.508 e. The Morgan fingerprint density at radius 2 is 1.25 bits per heavy atom. The van der Waals surface area contributed by atoms with E-state index in [1.807, 2.05) is 0 Å². The van der Waals surface area contributed by atoms with Gasteiger partial charge in [-0.3, -0.25) is 14.4 Å². The van der Waals surface area contributed by atoms with Crippen molar-refractivity contribution in [3.63, 3.8) is 0 Å². The van der Waals surface area contributed by atoms with Crippen molar-refractivity contribution in [2.75, 3.05) is 13.1 Å². The summed E-state index contributed by atoms with van der Waals surface area (Å²) in [5, 5.41) is 26.8. The van der Waals surface area contributed by atoms with Crippen LogP contribution in [-0.4, -0.2) is 71.2 Å². The van der Waals surface area contributed by atoms with E-state index in [4.69, 9.17) is 17.2 Å². The number of benzene rings is 1. The molecule has 3 amide bonds. The van der Waals surface area contributed by atoms with E-state index in [-0.39, 0.29) is 25.0 Å². The lowest BCUT2D eigenvalue weighted by molar-refractivity contribution is -0.142. The molecule has 0 heterocycles. The molecule has 0 aromatic heterocycles. The second-order valence-corrected chi connectivity index (χ2v) is 8.75. The van der Waals surface area contributed by atoms with E-state index in [0.29, 0.717) is 44.3 Å². The lowest BCUT2D eigenvalue weighted by Gasteiger charge is -2.25. The zero-order valence-corrected chi connectivity index (χ0v) is 20.7. The molecule has 0 saturated carbocycles. The molecule has 11 N–H and O–H groups in total. The maximum Gasteiger partial charge on any atom is 0.326 e. The van der Waals surface area contributed by atoms with Crippen molar-refractivity contribution in [2.24, 2.45) is 17.2 Å². The molecule has 1 rings (SSSR count). The van der Waals surface area contributed by atoms with Gasteiger partial charge in [-0.05, 0) is 76.2 Å². The van der Waals surface area contributed by atoms with Gasteiger partial charge in [-0.2, -0.15) is 0 Å². The molecule has 0 saturated heterocycles. The zero-order valence-electron chi connectivity index (χ0n) is 20.7. The summed E-state index contributed by atoms with van der Waals surface area (Å²) < 4.78 is 0. The van der Waals surface area contributed by atoms with E-state index in [0.717, 1.165) is 0 Å². The van der Waals surface area contributed by atoms with E-state index in [2.05, 4.69) is 16.0 Å². The predicted octanol–water partition coefficient (Wildman–Crippen LogP) is -0.921. The van der Waals surface area contributed by atoms with Crippen LogP contribution < -0.4 is 33.2 Å². The Morgan fingerprint density at radius 1 is 0.778 bits per heavy atom. The minimum absolute atomic E-state index is 0.0315. The number of amides is 3. The molecule has 0 aliphatic rings. The van der Waals surface area contributed by atoms with Gasteiger partial charge in [0.05, 0.1) is 6.04 Å². The van der Waals surface area contributed by atoms with Crippen LogP contribution in [0.2, 0.25) is 0 Å². The third-order valence-corrected chi connectivity index (χ3v) is 5.56. The van der Waals surface area contributed by atoms with Crippen LogP contribution in [-0.2, 0) is 25.6 Å². The summed E-state index contributed by atoms with van der Waals surface area (Å²) in [5.41, 5.74) is 17.3. The number of carbonyl (C=O) groups is 4. The lowest BCUT2D eigenvalue weighted by Crippen LogP contribution is -2.57. The summed E-state index contributed by atoms with van der Waals surface area (Å²) in [4.78, 5) is 50.1. The van der Waals surface area contributed by atoms with E-state index < -0.39 is 47.9 Å². The molecule has 0 aliphatic heterocycles. The third-order valence-electron chi connectivity index (χ3n) is 5.56. The monoisotopic (exact) mass is 508 g/mol. The van der Waals surface area contributed by atoms with Crippen molar-refractivity contribution in [3.8, 4) is 5.75 Å². The number of nitrogens with one attached hydrogen (secondary N) is 3. The number of phenolic OH excluding ortho intramolecular Hbond substituents is 1. The van der Waals surface area contributed by atoms with Crippen LogP contribution in [0.3, 0.4) is 0 Å². The second-order valence-electron chi connectivity index (χ2n) is 8.75. The number of aromatic hydroxyl groups is 1. The number of aliphatic carboxylic acids is 1. The normalized spacial score (nSPS) is 14.2. The number of phenols is 1. The fraction of sp³-hybridized carbons (Fsp3) is 0.583. The SMILES string of the molecule is CC(N)C(=O)NC(CCCCN)C(=O)NC(Cc1ccc(O)cc1)C(=O)NC(CCCCN)C(=O)O. The number of hydrogen-bond acceptors (Lipinski definition) is 8. The quantitative estimate of drug-likeness (QED) is 0.122. The number of nitrogens with two attached hydrogens (primary N) is 3. The summed E-state index contributed by atoms with van der Waals surface area (Å²) in [7, 11) is 0. The number of carboxylic acids is 1. The summed E-state index contributed by atoms with van der Waals surface area (Å²) in [6, 6.07) is 1.99. The van der Waals surface area contributed by atoms with Crippen molar-refractivity contribution in [1.82, 2.24) is 16.0 Å². The Bertz CT molecular complexity index is 848. The fourth-order valence-corrected chi connectivity index (χ4v) is 3.44. The van der Waals surface area contributed by atoms with Gasteiger partial charge in [0.15, 0.2) is 0 Å². The highest BCUT2D eigenvalue weighted by molar-refractivity contribution is 5.94. The summed E-state index contributed by atoms with van der Waals surface area (Å²) >= 11 is 0. The van der Waals surface area contributed by atoms with Crippen LogP contribution in [0.15, 0.2) is 24.3 Å². The smallest absolute Gasteiger partial charge is 0.326 e. The van der Waals surface area contributed by atoms with Crippen LogP contribution in [0.1, 0.15) is 51.0 Å². The van der Waals surface area contributed by atoms with Crippen molar-refractivity contribution in [3.05, 3.63) is 29.8 Å². The van der Waals surface area contributed by atoms with E-state index >= 15 is 0 Å². The molecule has 1 aromatic rings. The average molecular weight is 509 g/mol. The Balaban J connectivity index is 3.09. The summed E-state index contributed by atoms with van der Waals surface area (Å²) in [6.07, 6.45) is 2.81. The minimum atomic E-state index is -1.20. The molecular formula is C24H40N6O6. The highest BCUT2D eigenvalue weighted by atomic mass is 16.4. The van der Waals surface area contributed by atoms with Crippen LogP contribution in [0.25, 0.3) is 0 Å².